The van der Waals surface area contributed by atoms with Gasteiger partial charge in [-0.25, -0.2) is 0 Å². The van der Waals surface area contributed by atoms with E-state index in [4.69, 9.17) is 0 Å². The van der Waals surface area contributed by atoms with E-state index in [2.05, 4.69) is 63.8 Å². The van der Waals surface area contributed by atoms with E-state index in [1.54, 1.807) is 0 Å². The second-order valence-electron chi connectivity index (χ2n) is 5.57. The monoisotopic (exact) mass is 243 g/mol. The Bertz CT molecular complexity index is 180. The van der Waals surface area contributed by atoms with Crippen molar-refractivity contribution in [2.75, 3.05) is 33.7 Å². The molecular weight excluding hydrogens is 210 g/mol. The molecular formula is C14H33N3. The fraction of sp³-hybridized carbons (Fsp3) is 1.00. The summed E-state index contributed by atoms with van der Waals surface area (Å²) in [6, 6.07) is 1.85. The third-order valence-corrected chi connectivity index (χ3v) is 3.26. The smallest absolute Gasteiger partial charge is 0.0221 e. The highest BCUT2D eigenvalue weighted by atomic mass is 15.2. The number of likely N-dealkylation sites (N-methyl/N-ethyl adjacent to an activating group) is 2. The molecule has 0 spiro atoms. The van der Waals surface area contributed by atoms with Gasteiger partial charge in [0.15, 0.2) is 0 Å². The van der Waals surface area contributed by atoms with Gasteiger partial charge in [0, 0.05) is 31.2 Å². The van der Waals surface area contributed by atoms with Crippen LogP contribution in [0.1, 0.15) is 41.0 Å². The van der Waals surface area contributed by atoms with E-state index < -0.39 is 0 Å². The van der Waals surface area contributed by atoms with Gasteiger partial charge in [0.25, 0.3) is 0 Å². The Morgan fingerprint density at radius 3 is 2.00 bits per heavy atom. The second-order valence-corrected chi connectivity index (χ2v) is 5.57. The van der Waals surface area contributed by atoms with E-state index in [0.717, 1.165) is 19.6 Å². The zero-order chi connectivity index (χ0) is 13.4. The normalized spacial score (nSPS) is 15.9. The molecule has 3 nitrogen and oxygen atoms in total. The number of rotatable bonds is 9. The topological polar surface area (TPSA) is 18.5 Å². The van der Waals surface area contributed by atoms with Gasteiger partial charge in [-0.3, -0.25) is 4.90 Å². The van der Waals surface area contributed by atoms with E-state index in [1.807, 2.05) is 0 Å². The first-order chi connectivity index (χ1) is 7.92. The number of nitrogens with zero attached hydrogens (tertiary/aromatic N) is 2. The molecule has 0 saturated carbocycles. The molecule has 0 saturated heterocycles. The molecule has 0 bridgehead atoms. The van der Waals surface area contributed by atoms with Crippen molar-refractivity contribution in [3.8, 4) is 0 Å². The highest BCUT2D eigenvalue weighted by Crippen LogP contribution is 2.09. The van der Waals surface area contributed by atoms with Crippen LogP contribution in [-0.4, -0.2) is 61.7 Å². The van der Waals surface area contributed by atoms with Gasteiger partial charge in [-0.2, -0.15) is 0 Å². The van der Waals surface area contributed by atoms with Crippen molar-refractivity contribution < 1.29 is 0 Å². The molecule has 0 fully saturated rings. The average Bonchev–Trinajstić information content (AvgIpc) is 2.22. The van der Waals surface area contributed by atoms with E-state index in [1.165, 1.54) is 6.42 Å². The minimum Gasteiger partial charge on any atom is -0.313 e. The average molecular weight is 243 g/mol. The Balaban J connectivity index is 4.35. The van der Waals surface area contributed by atoms with Crippen LogP contribution in [-0.2, 0) is 0 Å². The van der Waals surface area contributed by atoms with Gasteiger partial charge in [0.1, 0.15) is 0 Å². The van der Waals surface area contributed by atoms with Gasteiger partial charge in [-0.15, -0.1) is 0 Å². The predicted octanol–water partition coefficient (Wildman–Crippen LogP) is 2.04. The molecule has 0 aromatic carbocycles. The minimum absolute atomic E-state index is 0.576. The van der Waals surface area contributed by atoms with Crippen molar-refractivity contribution in [2.45, 2.75) is 59.2 Å². The van der Waals surface area contributed by atoms with Crippen LogP contribution in [0.2, 0.25) is 0 Å². The van der Waals surface area contributed by atoms with Crippen molar-refractivity contribution in [1.29, 1.82) is 0 Å². The van der Waals surface area contributed by atoms with Crippen molar-refractivity contribution in [1.82, 2.24) is 15.1 Å². The summed E-state index contributed by atoms with van der Waals surface area (Å²) < 4.78 is 0. The SMILES string of the molecule is CCC(CNC(C)C)N(CC)C(C)CN(C)C. The Morgan fingerprint density at radius 1 is 1.06 bits per heavy atom. The summed E-state index contributed by atoms with van der Waals surface area (Å²) in [7, 11) is 4.30. The Hall–Kier alpha value is -0.120. The molecule has 0 radical (unpaired) electrons. The summed E-state index contributed by atoms with van der Waals surface area (Å²) in [5.41, 5.74) is 0. The van der Waals surface area contributed by atoms with Crippen molar-refractivity contribution in [3.63, 3.8) is 0 Å². The predicted molar refractivity (Wildman–Crippen MR) is 77.6 cm³/mol. The lowest BCUT2D eigenvalue weighted by atomic mass is 10.1. The van der Waals surface area contributed by atoms with E-state index in [-0.39, 0.29) is 0 Å². The van der Waals surface area contributed by atoms with Crippen molar-refractivity contribution in [3.05, 3.63) is 0 Å². The van der Waals surface area contributed by atoms with Gasteiger partial charge < -0.3 is 10.2 Å². The Kier molecular flexibility index (Phi) is 8.83. The summed E-state index contributed by atoms with van der Waals surface area (Å²) in [5, 5.41) is 3.56. The first-order valence-electron chi connectivity index (χ1n) is 7.06. The molecule has 0 aromatic heterocycles. The largest absolute Gasteiger partial charge is 0.313 e. The number of hydrogen-bond acceptors (Lipinski definition) is 3. The van der Waals surface area contributed by atoms with Crippen LogP contribution in [0.15, 0.2) is 0 Å². The fourth-order valence-corrected chi connectivity index (χ4v) is 2.43. The summed E-state index contributed by atoms with van der Waals surface area (Å²) in [4.78, 5) is 4.89. The molecule has 0 aromatic rings. The summed E-state index contributed by atoms with van der Waals surface area (Å²) in [6.45, 7) is 14.7. The standard InChI is InChI=1S/C14H33N3/c1-8-14(10-15-12(3)4)17(9-2)13(5)11-16(6)7/h12-15H,8-11H2,1-7H3. The molecule has 2 atom stereocenters. The lowest BCUT2D eigenvalue weighted by molar-refractivity contribution is 0.121. The molecule has 1 N–H and O–H groups in total. The van der Waals surface area contributed by atoms with E-state index in [9.17, 15) is 0 Å². The van der Waals surface area contributed by atoms with Crippen molar-refractivity contribution >= 4 is 0 Å². The van der Waals surface area contributed by atoms with E-state index >= 15 is 0 Å². The maximum atomic E-state index is 3.56. The quantitative estimate of drug-likeness (QED) is 0.668. The molecule has 104 valence electrons. The summed E-state index contributed by atoms with van der Waals surface area (Å²) in [6.07, 6.45) is 1.21. The first kappa shape index (κ1) is 16.9. The van der Waals surface area contributed by atoms with Crippen molar-refractivity contribution in [2.24, 2.45) is 0 Å². The molecule has 0 aliphatic carbocycles. The van der Waals surface area contributed by atoms with Gasteiger partial charge in [-0.1, -0.05) is 27.7 Å². The summed E-state index contributed by atoms with van der Waals surface area (Å²) >= 11 is 0. The number of nitrogens with one attached hydrogen (secondary N) is 1. The van der Waals surface area contributed by atoms with Crippen LogP contribution >= 0.6 is 0 Å². The zero-order valence-electron chi connectivity index (χ0n) is 13.0. The summed E-state index contributed by atoms with van der Waals surface area (Å²) in [5.74, 6) is 0. The molecule has 0 heterocycles. The van der Waals surface area contributed by atoms with Crippen LogP contribution in [0, 0.1) is 0 Å². The van der Waals surface area contributed by atoms with E-state index in [0.29, 0.717) is 18.1 Å². The van der Waals surface area contributed by atoms with Gasteiger partial charge in [0.2, 0.25) is 0 Å². The minimum atomic E-state index is 0.576. The maximum Gasteiger partial charge on any atom is 0.0221 e. The molecule has 0 amide bonds. The molecule has 0 aliphatic rings. The van der Waals surface area contributed by atoms with Crippen LogP contribution in [0.3, 0.4) is 0 Å². The van der Waals surface area contributed by atoms with Gasteiger partial charge in [0.05, 0.1) is 0 Å². The lowest BCUT2D eigenvalue weighted by Gasteiger charge is -2.37. The highest BCUT2D eigenvalue weighted by Gasteiger charge is 2.21. The second kappa shape index (κ2) is 8.90. The van der Waals surface area contributed by atoms with Crippen LogP contribution < -0.4 is 5.32 Å². The molecule has 2 unspecified atom stereocenters. The molecule has 17 heavy (non-hydrogen) atoms. The maximum absolute atomic E-state index is 3.56. The number of hydrogen-bond donors (Lipinski definition) is 1. The fourth-order valence-electron chi connectivity index (χ4n) is 2.43. The Labute approximate surface area is 109 Å². The van der Waals surface area contributed by atoms with Crippen LogP contribution in [0.4, 0.5) is 0 Å². The highest BCUT2D eigenvalue weighted by molar-refractivity contribution is 4.78. The van der Waals surface area contributed by atoms with Gasteiger partial charge >= 0.3 is 0 Å². The van der Waals surface area contributed by atoms with Gasteiger partial charge in [-0.05, 0) is 34.0 Å². The lowest BCUT2D eigenvalue weighted by Crippen LogP contribution is -2.50. The molecule has 0 rings (SSSR count). The third-order valence-electron chi connectivity index (χ3n) is 3.26. The van der Waals surface area contributed by atoms with Crippen LogP contribution in [0.25, 0.3) is 0 Å². The molecule has 3 heteroatoms. The third kappa shape index (κ3) is 7.02. The zero-order valence-corrected chi connectivity index (χ0v) is 13.0. The Morgan fingerprint density at radius 2 is 1.65 bits per heavy atom. The van der Waals surface area contributed by atoms with Crippen LogP contribution in [0.5, 0.6) is 0 Å². The molecule has 0 aliphatic heterocycles. The first-order valence-corrected chi connectivity index (χ1v) is 7.06.